The highest BCUT2D eigenvalue weighted by molar-refractivity contribution is 5.25. The Labute approximate surface area is 87.3 Å². The van der Waals surface area contributed by atoms with E-state index >= 15 is 0 Å². The van der Waals surface area contributed by atoms with E-state index in [1.165, 1.54) is 0 Å². The monoisotopic (exact) mass is 204 g/mol. The summed E-state index contributed by atoms with van der Waals surface area (Å²) >= 11 is 0. The summed E-state index contributed by atoms with van der Waals surface area (Å²) in [5, 5.41) is 3.05. The minimum atomic E-state index is 0.415. The average molecular weight is 204 g/mol. The second kappa shape index (κ2) is 4.56. The molecule has 0 bridgehead atoms. The molecule has 2 rings (SSSR count). The van der Waals surface area contributed by atoms with Gasteiger partial charge in [-0.15, -0.1) is 0 Å². The van der Waals surface area contributed by atoms with Crippen LogP contribution in [0.25, 0.3) is 0 Å². The van der Waals surface area contributed by atoms with Crippen molar-refractivity contribution in [3.05, 3.63) is 42.1 Å². The first-order valence-electron chi connectivity index (χ1n) is 4.67. The van der Waals surface area contributed by atoms with Crippen molar-refractivity contribution in [3.63, 3.8) is 0 Å². The molecule has 0 aliphatic carbocycles. The van der Waals surface area contributed by atoms with Crippen molar-refractivity contribution < 1.29 is 4.42 Å². The van der Waals surface area contributed by atoms with Gasteiger partial charge in [-0.2, -0.15) is 0 Å². The number of aromatic nitrogens is 2. The maximum absolute atomic E-state index is 5.47. The Balaban J connectivity index is 1.98. The first kappa shape index (κ1) is 9.67. The highest BCUT2D eigenvalue weighted by Gasteiger charge is 1.99. The van der Waals surface area contributed by atoms with Crippen molar-refractivity contribution >= 4 is 5.95 Å². The van der Waals surface area contributed by atoms with Gasteiger partial charge in [0.1, 0.15) is 5.76 Å². The van der Waals surface area contributed by atoms with Crippen LogP contribution in [0.3, 0.4) is 0 Å². The molecule has 0 radical (unpaired) electrons. The molecule has 0 aliphatic rings. The second-order valence-electron chi connectivity index (χ2n) is 3.01. The largest absolute Gasteiger partial charge is 0.467 e. The topological polar surface area (TPSA) is 77.0 Å². The van der Waals surface area contributed by atoms with Gasteiger partial charge in [0.05, 0.1) is 18.5 Å². The van der Waals surface area contributed by atoms with E-state index in [1.54, 1.807) is 18.5 Å². The number of hydrogen-bond donors (Lipinski definition) is 2. The lowest BCUT2D eigenvalue weighted by molar-refractivity contribution is 0.517. The quantitative estimate of drug-likeness (QED) is 0.780. The predicted octanol–water partition coefficient (Wildman–Crippen LogP) is 1.14. The Morgan fingerprint density at radius 3 is 3.07 bits per heavy atom. The van der Waals surface area contributed by atoms with Gasteiger partial charge < -0.3 is 15.5 Å². The Kier molecular flexibility index (Phi) is 2.94. The number of nitrogens with one attached hydrogen (secondary N) is 1. The average Bonchev–Trinajstić information content (AvgIpc) is 2.79. The molecular formula is C10H12N4O. The molecule has 0 aliphatic heterocycles. The van der Waals surface area contributed by atoms with Crippen LogP contribution in [0.5, 0.6) is 0 Å². The fourth-order valence-electron chi connectivity index (χ4n) is 1.17. The van der Waals surface area contributed by atoms with Gasteiger partial charge in [-0.05, 0) is 18.2 Å². The van der Waals surface area contributed by atoms with Crippen LogP contribution in [-0.2, 0) is 13.1 Å². The van der Waals surface area contributed by atoms with Crippen LogP contribution >= 0.6 is 0 Å². The maximum atomic E-state index is 5.47. The highest BCUT2D eigenvalue weighted by atomic mass is 16.3. The Bertz CT molecular complexity index is 413. The lowest BCUT2D eigenvalue weighted by atomic mass is 10.4. The molecule has 0 unspecified atom stereocenters. The molecule has 0 saturated carbocycles. The Hall–Kier alpha value is -1.88. The molecule has 3 N–H and O–H groups in total. The van der Waals surface area contributed by atoms with E-state index in [-0.39, 0.29) is 0 Å². The van der Waals surface area contributed by atoms with Gasteiger partial charge in [-0.25, -0.2) is 9.97 Å². The summed E-state index contributed by atoms with van der Waals surface area (Å²) in [6.45, 7) is 0.985. The van der Waals surface area contributed by atoms with Crippen molar-refractivity contribution in [1.29, 1.82) is 0 Å². The van der Waals surface area contributed by atoms with Crippen molar-refractivity contribution in [3.8, 4) is 0 Å². The van der Waals surface area contributed by atoms with Gasteiger partial charge in [-0.1, -0.05) is 0 Å². The summed E-state index contributed by atoms with van der Waals surface area (Å²) < 4.78 is 5.17. The zero-order valence-corrected chi connectivity index (χ0v) is 8.18. The molecular weight excluding hydrogens is 192 g/mol. The number of nitrogens with two attached hydrogens (primary N) is 1. The van der Waals surface area contributed by atoms with Gasteiger partial charge >= 0.3 is 0 Å². The first-order chi connectivity index (χ1) is 7.38. The van der Waals surface area contributed by atoms with Gasteiger partial charge in [0, 0.05) is 12.7 Å². The minimum Gasteiger partial charge on any atom is -0.467 e. The highest BCUT2D eigenvalue weighted by Crippen LogP contribution is 2.04. The minimum absolute atomic E-state index is 0.415. The molecule has 2 heterocycles. The molecule has 0 atom stereocenters. The summed E-state index contributed by atoms with van der Waals surface area (Å²) in [6.07, 6.45) is 3.31. The molecule has 78 valence electrons. The third-order valence-corrected chi connectivity index (χ3v) is 1.92. The van der Waals surface area contributed by atoms with Crippen LogP contribution in [0.15, 0.2) is 35.1 Å². The van der Waals surface area contributed by atoms with Crippen molar-refractivity contribution in [2.75, 3.05) is 5.32 Å². The smallest absolute Gasteiger partial charge is 0.223 e. The zero-order chi connectivity index (χ0) is 10.5. The van der Waals surface area contributed by atoms with Gasteiger partial charge in [0.15, 0.2) is 0 Å². The fraction of sp³-hybridized carbons (Fsp3) is 0.200. The summed E-state index contributed by atoms with van der Waals surface area (Å²) in [5.74, 6) is 1.41. The normalized spacial score (nSPS) is 10.2. The van der Waals surface area contributed by atoms with Crippen molar-refractivity contribution in [2.24, 2.45) is 5.73 Å². The van der Waals surface area contributed by atoms with E-state index in [0.717, 1.165) is 11.5 Å². The lowest BCUT2D eigenvalue weighted by Gasteiger charge is -2.03. The van der Waals surface area contributed by atoms with Gasteiger partial charge in [0.25, 0.3) is 0 Å². The molecule has 0 fully saturated rings. The van der Waals surface area contributed by atoms with Gasteiger partial charge in [0.2, 0.25) is 5.95 Å². The third kappa shape index (κ3) is 2.54. The second-order valence-corrected chi connectivity index (χ2v) is 3.01. The number of nitrogens with zero attached hydrogens (tertiary/aromatic N) is 2. The van der Waals surface area contributed by atoms with Crippen molar-refractivity contribution in [2.45, 2.75) is 13.1 Å². The molecule has 0 aromatic carbocycles. The fourth-order valence-corrected chi connectivity index (χ4v) is 1.17. The summed E-state index contributed by atoms with van der Waals surface area (Å²) in [5.41, 5.74) is 6.28. The molecule has 2 aromatic heterocycles. The van der Waals surface area contributed by atoms with E-state index in [1.807, 2.05) is 12.1 Å². The number of rotatable bonds is 4. The van der Waals surface area contributed by atoms with Crippen LogP contribution in [-0.4, -0.2) is 9.97 Å². The van der Waals surface area contributed by atoms with Gasteiger partial charge in [-0.3, -0.25) is 0 Å². The maximum Gasteiger partial charge on any atom is 0.223 e. The standard InChI is InChI=1S/C10H12N4O/c11-6-8-3-4-12-10(14-8)13-7-9-2-1-5-15-9/h1-5H,6-7,11H2,(H,12,13,14). The molecule has 2 aromatic rings. The molecule has 15 heavy (non-hydrogen) atoms. The Morgan fingerprint density at radius 2 is 2.33 bits per heavy atom. The number of furan rings is 1. The first-order valence-corrected chi connectivity index (χ1v) is 4.67. The third-order valence-electron chi connectivity index (χ3n) is 1.92. The summed E-state index contributed by atoms with van der Waals surface area (Å²) in [4.78, 5) is 8.27. The lowest BCUT2D eigenvalue weighted by Crippen LogP contribution is -2.06. The summed E-state index contributed by atoms with van der Waals surface area (Å²) in [6, 6.07) is 5.52. The van der Waals surface area contributed by atoms with Crippen molar-refractivity contribution in [1.82, 2.24) is 9.97 Å². The van der Waals surface area contributed by atoms with E-state index in [0.29, 0.717) is 19.0 Å². The van der Waals surface area contributed by atoms with E-state index in [2.05, 4.69) is 15.3 Å². The van der Waals surface area contributed by atoms with E-state index in [4.69, 9.17) is 10.2 Å². The van der Waals surface area contributed by atoms with Crippen LogP contribution < -0.4 is 11.1 Å². The molecule has 0 saturated heterocycles. The molecule has 5 heteroatoms. The number of anilines is 1. The van der Waals surface area contributed by atoms with E-state index in [9.17, 15) is 0 Å². The predicted molar refractivity (Wildman–Crippen MR) is 56.0 cm³/mol. The van der Waals surface area contributed by atoms with Crippen LogP contribution in [0, 0.1) is 0 Å². The molecule has 5 nitrogen and oxygen atoms in total. The van der Waals surface area contributed by atoms with Crippen LogP contribution in [0.2, 0.25) is 0 Å². The summed E-state index contributed by atoms with van der Waals surface area (Å²) in [7, 11) is 0. The van der Waals surface area contributed by atoms with E-state index < -0.39 is 0 Å². The zero-order valence-electron chi connectivity index (χ0n) is 8.18. The molecule has 0 amide bonds. The number of hydrogen-bond acceptors (Lipinski definition) is 5. The van der Waals surface area contributed by atoms with Crippen LogP contribution in [0.1, 0.15) is 11.5 Å². The Morgan fingerprint density at radius 1 is 1.40 bits per heavy atom. The SMILES string of the molecule is NCc1ccnc(NCc2ccco2)n1. The van der Waals surface area contributed by atoms with Crippen LogP contribution in [0.4, 0.5) is 5.95 Å². The molecule has 0 spiro atoms.